The Labute approximate surface area is 162 Å². The number of ether oxygens (including phenoxy) is 2. The van der Waals surface area contributed by atoms with Gasteiger partial charge in [-0.2, -0.15) is 0 Å². The predicted molar refractivity (Wildman–Crippen MR) is 107 cm³/mol. The highest BCUT2D eigenvalue weighted by molar-refractivity contribution is 5.77. The number of carboxylic acid groups (broad SMARTS) is 1. The molecule has 0 aromatic heterocycles. The summed E-state index contributed by atoms with van der Waals surface area (Å²) in [6.07, 6.45) is 6.32. The Bertz CT molecular complexity index is 628. The first-order valence-electron chi connectivity index (χ1n) is 9.80. The number of aliphatic carboxylic acids is 1. The van der Waals surface area contributed by atoms with Crippen molar-refractivity contribution in [2.75, 3.05) is 0 Å². The molecule has 1 unspecified atom stereocenters. The van der Waals surface area contributed by atoms with Crippen molar-refractivity contribution in [3.63, 3.8) is 0 Å². The zero-order valence-electron chi connectivity index (χ0n) is 16.3. The zero-order valence-corrected chi connectivity index (χ0v) is 16.3. The summed E-state index contributed by atoms with van der Waals surface area (Å²) < 4.78 is 12.0. The zero-order chi connectivity index (χ0) is 19.5. The average Bonchev–Trinajstić information content (AvgIpc) is 2.68. The molecule has 0 amide bonds. The van der Waals surface area contributed by atoms with Gasteiger partial charge in [0.2, 0.25) is 0 Å². The molecular formula is C23H30O4. The minimum absolute atomic E-state index is 0.322. The molecule has 1 N–H and O–H groups in total. The Morgan fingerprint density at radius 3 is 1.81 bits per heavy atom. The van der Waals surface area contributed by atoms with Gasteiger partial charge in [-0.15, -0.1) is 0 Å². The van der Waals surface area contributed by atoms with E-state index in [2.05, 4.69) is 6.92 Å². The topological polar surface area (TPSA) is 55.8 Å². The Hall–Kier alpha value is -2.49. The van der Waals surface area contributed by atoms with E-state index < -0.39 is 11.8 Å². The highest BCUT2D eigenvalue weighted by Crippen LogP contribution is 2.32. The van der Waals surface area contributed by atoms with Crippen LogP contribution in [-0.2, 0) is 4.79 Å². The van der Waals surface area contributed by atoms with Crippen LogP contribution in [0.4, 0.5) is 0 Å². The fourth-order valence-corrected chi connectivity index (χ4v) is 3.09. The predicted octanol–water partition coefficient (Wildman–Crippen LogP) is 5.92. The van der Waals surface area contributed by atoms with Crippen LogP contribution in [-0.4, -0.2) is 16.9 Å². The molecule has 146 valence electrons. The second-order valence-electron chi connectivity index (χ2n) is 6.91. The first-order valence-corrected chi connectivity index (χ1v) is 9.80. The van der Waals surface area contributed by atoms with Gasteiger partial charge in [0, 0.05) is 5.92 Å². The van der Waals surface area contributed by atoms with Gasteiger partial charge in [0.25, 0.3) is 0 Å². The highest BCUT2D eigenvalue weighted by Gasteiger charge is 2.49. The van der Waals surface area contributed by atoms with Crippen LogP contribution in [0.25, 0.3) is 0 Å². The Morgan fingerprint density at radius 1 is 0.889 bits per heavy atom. The lowest BCUT2D eigenvalue weighted by Crippen LogP contribution is -2.55. The van der Waals surface area contributed by atoms with Crippen LogP contribution in [0.5, 0.6) is 11.5 Å². The molecule has 4 nitrogen and oxygen atoms in total. The van der Waals surface area contributed by atoms with Crippen molar-refractivity contribution in [2.24, 2.45) is 5.92 Å². The molecule has 0 saturated heterocycles. The van der Waals surface area contributed by atoms with Crippen LogP contribution < -0.4 is 9.47 Å². The summed E-state index contributed by atoms with van der Waals surface area (Å²) in [6, 6.07) is 18.0. The number of hydrogen-bond acceptors (Lipinski definition) is 3. The number of carbonyl (C=O) groups is 1. The normalized spacial score (nSPS) is 12.4. The third kappa shape index (κ3) is 6.02. The highest BCUT2D eigenvalue weighted by atomic mass is 16.7. The molecule has 4 heteroatoms. The minimum Gasteiger partial charge on any atom is -0.475 e. The van der Waals surface area contributed by atoms with Crippen molar-refractivity contribution in [3.05, 3.63) is 60.7 Å². The van der Waals surface area contributed by atoms with E-state index >= 15 is 0 Å². The lowest BCUT2D eigenvalue weighted by Gasteiger charge is -2.35. The van der Waals surface area contributed by atoms with Crippen molar-refractivity contribution < 1.29 is 19.4 Å². The molecule has 0 fully saturated rings. The molecule has 0 bridgehead atoms. The van der Waals surface area contributed by atoms with Gasteiger partial charge < -0.3 is 14.6 Å². The summed E-state index contributed by atoms with van der Waals surface area (Å²) >= 11 is 0. The number of carboxylic acids is 1. The first-order chi connectivity index (χ1) is 13.1. The molecule has 0 saturated carbocycles. The molecule has 1 atom stereocenters. The summed E-state index contributed by atoms with van der Waals surface area (Å²) in [5, 5.41) is 10.1. The van der Waals surface area contributed by atoms with Gasteiger partial charge in [-0.25, -0.2) is 4.79 Å². The van der Waals surface area contributed by atoms with E-state index in [0.717, 1.165) is 19.3 Å². The van der Waals surface area contributed by atoms with E-state index in [0.29, 0.717) is 11.5 Å². The molecule has 0 heterocycles. The molecule has 2 aromatic rings. The van der Waals surface area contributed by atoms with Crippen molar-refractivity contribution in [2.45, 2.75) is 58.2 Å². The number of benzene rings is 2. The van der Waals surface area contributed by atoms with E-state index in [1.807, 2.05) is 43.3 Å². The van der Waals surface area contributed by atoms with Gasteiger partial charge in [-0.3, -0.25) is 0 Å². The van der Waals surface area contributed by atoms with Gasteiger partial charge in [0.15, 0.2) is 0 Å². The number of rotatable bonds is 12. The summed E-state index contributed by atoms with van der Waals surface area (Å²) in [5.41, 5.74) is 0. The maximum absolute atomic E-state index is 12.4. The Morgan fingerprint density at radius 2 is 1.37 bits per heavy atom. The van der Waals surface area contributed by atoms with E-state index in [-0.39, 0.29) is 5.92 Å². The van der Waals surface area contributed by atoms with E-state index in [4.69, 9.17) is 9.47 Å². The van der Waals surface area contributed by atoms with Crippen LogP contribution in [0, 0.1) is 5.92 Å². The number of hydrogen-bond donors (Lipinski definition) is 1. The fourth-order valence-electron chi connectivity index (χ4n) is 3.09. The molecule has 27 heavy (non-hydrogen) atoms. The van der Waals surface area contributed by atoms with E-state index in [1.165, 1.54) is 19.3 Å². The molecular weight excluding hydrogens is 340 g/mol. The molecule has 2 aromatic carbocycles. The van der Waals surface area contributed by atoms with Crippen molar-refractivity contribution in [1.29, 1.82) is 0 Å². The van der Waals surface area contributed by atoms with E-state index in [9.17, 15) is 9.90 Å². The standard InChI is InChI=1S/C23H30O4/c1-3-4-5-6-9-14-19(2)23(22(24)25,26-20-15-10-7-11-16-20)27-21-17-12-8-13-18-21/h7-8,10-13,15-19H,3-6,9,14H2,1-2H3,(H,24,25). The maximum Gasteiger partial charge on any atom is 0.390 e. The van der Waals surface area contributed by atoms with Crippen LogP contribution in [0.2, 0.25) is 0 Å². The van der Waals surface area contributed by atoms with Gasteiger partial charge in [0.05, 0.1) is 0 Å². The van der Waals surface area contributed by atoms with E-state index in [1.54, 1.807) is 24.3 Å². The molecule has 0 radical (unpaired) electrons. The summed E-state index contributed by atoms with van der Waals surface area (Å²) in [7, 11) is 0. The van der Waals surface area contributed by atoms with Crippen molar-refractivity contribution in [1.82, 2.24) is 0 Å². The third-order valence-corrected chi connectivity index (χ3v) is 4.71. The fraction of sp³-hybridized carbons (Fsp3) is 0.435. The lowest BCUT2D eigenvalue weighted by atomic mass is 9.93. The van der Waals surface area contributed by atoms with Gasteiger partial charge in [-0.05, 0) is 30.7 Å². The summed E-state index contributed by atoms with van der Waals surface area (Å²) in [4.78, 5) is 12.4. The lowest BCUT2D eigenvalue weighted by molar-refractivity contribution is -0.200. The molecule has 0 aliphatic rings. The smallest absolute Gasteiger partial charge is 0.390 e. The Kier molecular flexibility index (Phi) is 8.18. The van der Waals surface area contributed by atoms with Crippen LogP contribution in [0.1, 0.15) is 52.4 Å². The summed E-state index contributed by atoms with van der Waals surface area (Å²) in [6.45, 7) is 4.07. The van der Waals surface area contributed by atoms with Gasteiger partial charge >= 0.3 is 11.8 Å². The second kappa shape index (κ2) is 10.6. The molecule has 0 spiro atoms. The van der Waals surface area contributed by atoms with Crippen LogP contribution in [0.15, 0.2) is 60.7 Å². The molecule has 0 aliphatic carbocycles. The van der Waals surface area contributed by atoms with Crippen molar-refractivity contribution >= 4 is 5.97 Å². The second-order valence-corrected chi connectivity index (χ2v) is 6.91. The monoisotopic (exact) mass is 370 g/mol. The minimum atomic E-state index is -1.77. The summed E-state index contributed by atoms with van der Waals surface area (Å²) in [5.74, 6) is -2.25. The molecule has 2 rings (SSSR count). The maximum atomic E-state index is 12.4. The third-order valence-electron chi connectivity index (χ3n) is 4.71. The average molecular weight is 370 g/mol. The van der Waals surface area contributed by atoms with Crippen molar-refractivity contribution in [3.8, 4) is 11.5 Å². The largest absolute Gasteiger partial charge is 0.475 e. The van der Waals surface area contributed by atoms with Crippen LogP contribution >= 0.6 is 0 Å². The first kappa shape index (κ1) is 20.8. The van der Waals surface area contributed by atoms with Gasteiger partial charge in [0.1, 0.15) is 11.5 Å². The van der Waals surface area contributed by atoms with Crippen LogP contribution in [0.3, 0.4) is 0 Å². The number of para-hydroxylation sites is 2. The Balaban J connectivity index is 2.22. The number of unbranched alkanes of at least 4 members (excludes halogenated alkanes) is 4. The SMILES string of the molecule is CCCCCCCC(C)C(Oc1ccccc1)(Oc1ccccc1)C(=O)O. The molecule has 0 aliphatic heterocycles. The quantitative estimate of drug-likeness (QED) is 0.372. The van der Waals surface area contributed by atoms with Gasteiger partial charge in [-0.1, -0.05) is 82.3 Å².